The van der Waals surface area contributed by atoms with Crippen LogP contribution in [0.15, 0.2) is 18.2 Å². The maximum atomic E-state index is 11.2. The standard InChI is InChI=1S/C8H10AsNO5.C5H11O5P/c1-5(11)10-8-6(9(13,14)15)3-2-4-7(8)12;1-8-5(6)4-11(7,9-2)10-3/h2-4,12H,1H3,(H,10,11)(H2,13,14,15);4H2,1-3H3. The molecule has 0 bridgehead atoms. The molecular formula is C13H21AsNO10P. The Bertz CT molecular complexity index is 724. The van der Waals surface area contributed by atoms with Gasteiger partial charge in [-0.2, -0.15) is 0 Å². The molecule has 0 aliphatic carbocycles. The number of hydrogen-bond acceptors (Lipinski definition) is 8. The molecule has 13 heteroatoms. The van der Waals surface area contributed by atoms with Crippen molar-refractivity contribution in [2.24, 2.45) is 0 Å². The molecule has 4 N–H and O–H groups in total. The second-order valence-corrected chi connectivity index (χ2v) is 10.2. The molecular weight excluding hydrogens is 436 g/mol. The Kier molecular flexibility index (Phi) is 9.86. The smallest absolute Gasteiger partial charge is 0.341 e. The first-order chi connectivity index (χ1) is 11.9. The fourth-order valence-electron chi connectivity index (χ4n) is 1.50. The summed E-state index contributed by atoms with van der Waals surface area (Å²) < 4.78 is 53.2. The van der Waals surface area contributed by atoms with Crippen LogP contribution in [0.3, 0.4) is 0 Å². The van der Waals surface area contributed by atoms with Crippen molar-refractivity contribution in [1.29, 1.82) is 0 Å². The van der Waals surface area contributed by atoms with Gasteiger partial charge in [0.25, 0.3) is 0 Å². The number of carbonyl (C=O) groups is 2. The number of para-hydroxylation sites is 1. The number of anilines is 1. The third kappa shape index (κ3) is 8.18. The Labute approximate surface area is 152 Å². The zero-order chi connectivity index (χ0) is 20.5. The Hall–Kier alpha value is -1.61. The zero-order valence-electron chi connectivity index (χ0n) is 14.5. The summed E-state index contributed by atoms with van der Waals surface area (Å²) in [6, 6.07) is 3.71. The van der Waals surface area contributed by atoms with Gasteiger partial charge in [0.1, 0.15) is 6.16 Å². The fraction of sp³-hybridized carbons (Fsp3) is 0.385. The Morgan fingerprint density at radius 1 is 1.19 bits per heavy atom. The van der Waals surface area contributed by atoms with Gasteiger partial charge in [0.2, 0.25) is 0 Å². The quantitative estimate of drug-likeness (QED) is 0.190. The van der Waals surface area contributed by atoms with Crippen molar-refractivity contribution in [2.45, 2.75) is 6.92 Å². The van der Waals surface area contributed by atoms with Gasteiger partial charge in [-0.15, -0.1) is 0 Å². The molecule has 26 heavy (non-hydrogen) atoms. The minimum Gasteiger partial charge on any atom is -0.469 e. The number of amides is 1. The summed E-state index contributed by atoms with van der Waals surface area (Å²) in [6.45, 7) is 1.18. The van der Waals surface area contributed by atoms with Crippen molar-refractivity contribution in [3.05, 3.63) is 18.2 Å². The number of nitrogens with one attached hydrogen (secondary N) is 1. The number of hydrogen-bond donors (Lipinski definition) is 4. The maximum absolute atomic E-state index is 11.2. The molecule has 0 spiro atoms. The van der Waals surface area contributed by atoms with Gasteiger partial charge in [0.15, 0.2) is 0 Å². The average Bonchev–Trinajstić information content (AvgIpc) is 2.55. The summed E-state index contributed by atoms with van der Waals surface area (Å²) in [5, 5.41) is 11.5. The van der Waals surface area contributed by atoms with E-state index in [1.54, 1.807) is 0 Å². The SMILES string of the molecule is CC(=O)Nc1c(O)cccc1[As](=O)(O)O.COC(=O)CP(=O)(OC)OC. The second kappa shape index (κ2) is 10.5. The molecule has 0 radical (unpaired) electrons. The summed E-state index contributed by atoms with van der Waals surface area (Å²) >= 11 is -5.14. The molecule has 0 fully saturated rings. The van der Waals surface area contributed by atoms with Gasteiger partial charge in [-0.1, -0.05) is 0 Å². The van der Waals surface area contributed by atoms with Crippen molar-refractivity contribution < 1.29 is 45.0 Å². The first-order valence-corrected chi connectivity index (χ1v) is 11.9. The Balaban J connectivity index is 0.000000508. The van der Waals surface area contributed by atoms with Crippen LogP contribution in [0.5, 0.6) is 5.75 Å². The van der Waals surface area contributed by atoms with E-state index in [9.17, 15) is 23.0 Å². The zero-order valence-corrected chi connectivity index (χ0v) is 17.3. The van der Waals surface area contributed by atoms with Crippen LogP contribution in [0.25, 0.3) is 0 Å². The number of ether oxygens (including phenoxy) is 1. The van der Waals surface area contributed by atoms with Gasteiger partial charge in [0, 0.05) is 14.2 Å². The number of rotatable bonds is 6. The number of aromatic hydroxyl groups is 1. The van der Waals surface area contributed by atoms with Crippen molar-refractivity contribution in [2.75, 3.05) is 32.8 Å². The fourth-order valence-corrected chi connectivity index (χ4v) is 3.91. The maximum Gasteiger partial charge on any atom is 0.341 e. The predicted octanol–water partition coefficient (Wildman–Crippen LogP) is -0.443. The summed E-state index contributed by atoms with van der Waals surface area (Å²) in [5.41, 5.74) is -0.225. The first kappa shape index (κ1) is 24.4. The molecule has 0 saturated carbocycles. The van der Waals surface area contributed by atoms with Crippen molar-refractivity contribution >= 4 is 43.7 Å². The van der Waals surface area contributed by atoms with Crippen molar-refractivity contribution in [1.82, 2.24) is 0 Å². The van der Waals surface area contributed by atoms with E-state index in [1.807, 2.05) is 0 Å². The van der Waals surface area contributed by atoms with Crippen molar-refractivity contribution in [3.8, 4) is 5.75 Å². The minimum atomic E-state index is -5.14. The van der Waals surface area contributed by atoms with Crippen LogP contribution in [0.4, 0.5) is 5.69 Å². The van der Waals surface area contributed by atoms with Gasteiger partial charge < -0.3 is 13.8 Å². The van der Waals surface area contributed by atoms with E-state index in [1.165, 1.54) is 46.5 Å². The molecule has 11 nitrogen and oxygen atoms in total. The molecule has 0 aliphatic heterocycles. The molecule has 0 atom stereocenters. The molecule has 1 aromatic rings. The van der Waals surface area contributed by atoms with E-state index in [4.69, 9.17) is 8.19 Å². The topological polar surface area (TPSA) is 169 Å². The monoisotopic (exact) mass is 457 g/mol. The van der Waals surface area contributed by atoms with E-state index < -0.39 is 33.6 Å². The van der Waals surface area contributed by atoms with Crippen LogP contribution in [0, 0.1) is 0 Å². The average molecular weight is 457 g/mol. The van der Waals surface area contributed by atoms with Crippen molar-refractivity contribution in [3.63, 3.8) is 0 Å². The van der Waals surface area contributed by atoms with E-state index in [2.05, 4.69) is 19.1 Å². The summed E-state index contributed by atoms with van der Waals surface area (Å²) in [4.78, 5) is 21.4. The molecule has 1 amide bonds. The number of benzene rings is 1. The van der Waals surface area contributed by atoms with Gasteiger partial charge >= 0.3 is 102 Å². The Morgan fingerprint density at radius 2 is 1.73 bits per heavy atom. The van der Waals surface area contributed by atoms with Gasteiger partial charge in [-0.25, -0.2) is 0 Å². The van der Waals surface area contributed by atoms with Crippen LogP contribution in [-0.4, -0.2) is 66.8 Å². The molecule has 148 valence electrons. The molecule has 0 aromatic heterocycles. The molecule has 0 aliphatic rings. The number of methoxy groups -OCH3 is 1. The van der Waals surface area contributed by atoms with Crippen LogP contribution < -0.4 is 9.67 Å². The molecule has 1 rings (SSSR count). The molecule has 1 aromatic carbocycles. The predicted molar refractivity (Wildman–Crippen MR) is 91.4 cm³/mol. The van der Waals surface area contributed by atoms with E-state index in [-0.39, 0.29) is 21.9 Å². The number of carbonyl (C=O) groups excluding carboxylic acids is 2. The number of phenolic OH excluding ortho intramolecular Hbond substituents is 1. The largest absolute Gasteiger partial charge is 0.469 e. The number of phenols is 1. The van der Waals surface area contributed by atoms with E-state index in [0.29, 0.717) is 0 Å². The van der Waals surface area contributed by atoms with Gasteiger partial charge in [-0.05, 0) is 0 Å². The van der Waals surface area contributed by atoms with Crippen LogP contribution in [0.1, 0.15) is 6.92 Å². The minimum absolute atomic E-state index is 0.225. The van der Waals surface area contributed by atoms with Gasteiger partial charge in [0.05, 0.1) is 7.11 Å². The number of esters is 1. The molecule has 0 saturated heterocycles. The second-order valence-electron chi connectivity index (χ2n) is 4.61. The third-order valence-electron chi connectivity index (χ3n) is 2.74. The van der Waals surface area contributed by atoms with Crippen LogP contribution in [0.2, 0.25) is 0 Å². The van der Waals surface area contributed by atoms with Gasteiger partial charge in [-0.3, -0.25) is 9.36 Å². The first-order valence-electron chi connectivity index (χ1n) is 6.83. The third-order valence-corrected chi connectivity index (χ3v) is 6.60. The molecule has 0 unspecified atom stereocenters. The molecule has 0 heterocycles. The Morgan fingerprint density at radius 3 is 2.12 bits per heavy atom. The van der Waals surface area contributed by atoms with E-state index in [0.717, 1.165) is 0 Å². The van der Waals surface area contributed by atoms with Crippen LogP contribution >= 0.6 is 7.60 Å². The summed E-state index contributed by atoms with van der Waals surface area (Å²) in [5.74, 6) is -1.49. The summed E-state index contributed by atoms with van der Waals surface area (Å²) in [7, 11) is 0.409. The van der Waals surface area contributed by atoms with Crippen LogP contribution in [-0.2, 0) is 31.7 Å². The van der Waals surface area contributed by atoms with E-state index >= 15 is 0 Å². The normalized spacial score (nSPS) is 11.2. The summed E-state index contributed by atoms with van der Waals surface area (Å²) in [6.07, 6.45) is -0.351.